The summed E-state index contributed by atoms with van der Waals surface area (Å²) in [5.74, 6) is 1.55. The molecule has 3 rings (SSSR count). The molecule has 1 aliphatic heterocycles. The Morgan fingerprint density at radius 1 is 1.25 bits per heavy atom. The smallest absolute Gasteiger partial charge is 0.308 e. The number of amides is 1. The minimum atomic E-state index is -0.274. The molecule has 3 fully saturated rings. The van der Waals surface area contributed by atoms with Gasteiger partial charge in [0.05, 0.1) is 26.2 Å². The summed E-state index contributed by atoms with van der Waals surface area (Å²) in [5.41, 5.74) is 0. The Balaban J connectivity index is 1.54. The van der Waals surface area contributed by atoms with E-state index in [4.69, 9.17) is 4.74 Å². The molecule has 0 bridgehead atoms. The molecule has 5 nitrogen and oxygen atoms in total. The van der Waals surface area contributed by atoms with Gasteiger partial charge in [0.1, 0.15) is 0 Å². The Bertz CT molecular complexity index is 385. The zero-order valence-electron chi connectivity index (χ0n) is 12.0. The molecule has 0 aromatic carbocycles. The number of carbonyl (C=O) groups excluding carboxylic acids is 2. The highest BCUT2D eigenvalue weighted by Gasteiger charge is 2.56. The van der Waals surface area contributed by atoms with E-state index in [0.29, 0.717) is 37.4 Å². The molecule has 5 heteroatoms. The highest BCUT2D eigenvalue weighted by molar-refractivity contribution is 5.82. The van der Waals surface area contributed by atoms with Gasteiger partial charge in [0.15, 0.2) is 0 Å². The Morgan fingerprint density at radius 2 is 1.95 bits per heavy atom. The van der Waals surface area contributed by atoms with Crippen molar-refractivity contribution in [2.24, 2.45) is 17.8 Å². The van der Waals surface area contributed by atoms with Gasteiger partial charge in [-0.2, -0.15) is 0 Å². The van der Waals surface area contributed by atoms with Crippen molar-refractivity contribution in [2.45, 2.75) is 38.2 Å². The number of hydrogen-bond donors (Lipinski definition) is 0. The number of carbonyl (C=O) groups is 2. The van der Waals surface area contributed by atoms with Crippen LogP contribution in [0.5, 0.6) is 0 Å². The van der Waals surface area contributed by atoms with Gasteiger partial charge in [-0.25, -0.2) is 0 Å². The third kappa shape index (κ3) is 2.68. The molecule has 1 heterocycles. The molecule has 0 radical (unpaired) electrons. The van der Waals surface area contributed by atoms with Gasteiger partial charge >= 0.3 is 5.97 Å². The van der Waals surface area contributed by atoms with Crippen LogP contribution in [0.2, 0.25) is 0 Å². The lowest BCUT2D eigenvalue weighted by Crippen LogP contribution is -2.47. The van der Waals surface area contributed by atoms with E-state index < -0.39 is 0 Å². The summed E-state index contributed by atoms with van der Waals surface area (Å²) in [6, 6.07) is 0. The lowest BCUT2D eigenvalue weighted by Gasteiger charge is -2.32. The van der Waals surface area contributed by atoms with Crippen LogP contribution in [0.1, 0.15) is 32.1 Å². The van der Waals surface area contributed by atoms with E-state index in [2.05, 4.69) is 4.74 Å². The van der Waals surface area contributed by atoms with Crippen LogP contribution in [0.25, 0.3) is 0 Å². The highest BCUT2D eigenvalue weighted by Crippen LogP contribution is 2.56. The van der Waals surface area contributed by atoms with Gasteiger partial charge in [0, 0.05) is 19.0 Å². The summed E-state index contributed by atoms with van der Waals surface area (Å²) in [6.07, 6.45) is 5.02. The predicted molar refractivity (Wildman–Crippen MR) is 71.9 cm³/mol. The number of rotatable bonds is 3. The molecule has 0 aromatic heterocycles. The number of fused-ring (bicyclic) bond motifs is 1. The lowest BCUT2D eigenvalue weighted by molar-refractivity contribution is -0.150. The third-order valence-electron chi connectivity index (χ3n) is 5.01. The first-order valence-corrected chi connectivity index (χ1v) is 7.68. The van der Waals surface area contributed by atoms with Crippen molar-refractivity contribution in [3.8, 4) is 0 Å². The Labute approximate surface area is 119 Å². The largest absolute Gasteiger partial charge is 0.469 e. The third-order valence-corrected chi connectivity index (χ3v) is 5.01. The Hall–Kier alpha value is -1.10. The number of methoxy groups -OCH3 is 1. The van der Waals surface area contributed by atoms with E-state index in [1.165, 1.54) is 32.8 Å². The van der Waals surface area contributed by atoms with Crippen LogP contribution in [0.4, 0.5) is 0 Å². The molecular formula is C15H23NO4. The van der Waals surface area contributed by atoms with Crippen LogP contribution in [0.15, 0.2) is 0 Å². The van der Waals surface area contributed by atoms with Crippen LogP contribution < -0.4 is 0 Å². The Kier molecular flexibility index (Phi) is 3.96. The van der Waals surface area contributed by atoms with Crippen LogP contribution in [0.3, 0.4) is 0 Å². The van der Waals surface area contributed by atoms with Crippen LogP contribution >= 0.6 is 0 Å². The average molecular weight is 281 g/mol. The summed E-state index contributed by atoms with van der Waals surface area (Å²) in [7, 11) is 1.38. The summed E-state index contributed by atoms with van der Waals surface area (Å²) in [4.78, 5) is 25.8. The molecule has 2 saturated carbocycles. The van der Waals surface area contributed by atoms with Gasteiger partial charge in [0.2, 0.25) is 5.91 Å². The number of hydrogen-bond acceptors (Lipinski definition) is 4. The maximum Gasteiger partial charge on any atom is 0.308 e. The Morgan fingerprint density at radius 3 is 2.60 bits per heavy atom. The minimum absolute atomic E-state index is 0.207. The van der Waals surface area contributed by atoms with Crippen molar-refractivity contribution in [3.05, 3.63) is 0 Å². The number of morpholine rings is 1. The molecule has 3 unspecified atom stereocenters. The number of ether oxygens (including phenoxy) is 2. The molecule has 2 aliphatic carbocycles. The first-order valence-electron chi connectivity index (χ1n) is 7.68. The second kappa shape index (κ2) is 5.72. The highest BCUT2D eigenvalue weighted by atomic mass is 16.5. The van der Waals surface area contributed by atoms with Crippen LogP contribution in [-0.4, -0.2) is 49.7 Å². The van der Waals surface area contributed by atoms with Gasteiger partial charge < -0.3 is 14.4 Å². The van der Waals surface area contributed by atoms with E-state index in [-0.39, 0.29) is 24.4 Å². The van der Waals surface area contributed by atoms with Gasteiger partial charge in [-0.15, -0.1) is 0 Å². The monoisotopic (exact) mass is 281 g/mol. The van der Waals surface area contributed by atoms with Crippen molar-refractivity contribution in [1.82, 2.24) is 4.90 Å². The van der Waals surface area contributed by atoms with Crippen molar-refractivity contribution in [1.29, 1.82) is 0 Å². The van der Waals surface area contributed by atoms with Gasteiger partial charge in [-0.05, 0) is 24.7 Å². The second-order valence-corrected chi connectivity index (χ2v) is 6.20. The maximum absolute atomic E-state index is 12.6. The summed E-state index contributed by atoms with van der Waals surface area (Å²) in [5, 5.41) is 0. The normalized spacial score (nSPS) is 36.1. The summed E-state index contributed by atoms with van der Waals surface area (Å²) >= 11 is 0. The fraction of sp³-hybridized carbons (Fsp3) is 0.867. The van der Waals surface area contributed by atoms with Crippen LogP contribution in [0, 0.1) is 17.8 Å². The molecule has 0 N–H and O–H groups in total. The molecule has 20 heavy (non-hydrogen) atoms. The molecular weight excluding hydrogens is 258 g/mol. The molecule has 3 aliphatic rings. The van der Waals surface area contributed by atoms with Gasteiger partial charge in [0.25, 0.3) is 0 Å². The van der Waals surface area contributed by atoms with Crippen molar-refractivity contribution < 1.29 is 19.1 Å². The van der Waals surface area contributed by atoms with E-state index in [9.17, 15) is 9.59 Å². The summed E-state index contributed by atoms with van der Waals surface area (Å²) < 4.78 is 10.2. The molecule has 1 amide bonds. The fourth-order valence-corrected chi connectivity index (χ4v) is 3.88. The zero-order chi connectivity index (χ0) is 14.1. The molecule has 112 valence electrons. The molecule has 1 saturated heterocycles. The van der Waals surface area contributed by atoms with E-state index in [0.717, 1.165) is 0 Å². The molecule has 0 spiro atoms. The topological polar surface area (TPSA) is 55.8 Å². The van der Waals surface area contributed by atoms with E-state index >= 15 is 0 Å². The molecule has 0 aromatic rings. The molecule has 3 atom stereocenters. The van der Waals surface area contributed by atoms with E-state index in [1.807, 2.05) is 4.90 Å². The standard InChI is InChI=1S/C15H23NO4/c1-19-13(17)8-10-9-16(6-7-20-10)15(18)14-11-4-2-3-5-12(11)14/h10-12,14H,2-9H2,1H3. The maximum atomic E-state index is 12.6. The number of esters is 1. The van der Waals surface area contributed by atoms with Crippen molar-refractivity contribution >= 4 is 11.9 Å². The lowest BCUT2D eigenvalue weighted by atomic mass is 10.0. The van der Waals surface area contributed by atoms with Crippen molar-refractivity contribution in [3.63, 3.8) is 0 Å². The first-order chi connectivity index (χ1) is 9.70. The van der Waals surface area contributed by atoms with Gasteiger partial charge in [-0.3, -0.25) is 9.59 Å². The first kappa shape index (κ1) is 13.9. The second-order valence-electron chi connectivity index (χ2n) is 6.20. The summed E-state index contributed by atoms with van der Waals surface area (Å²) in [6.45, 7) is 1.71. The van der Waals surface area contributed by atoms with E-state index in [1.54, 1.807) is 0 Å². The average Bonchev–Trinajstić information content (AvgIpc) is 3.21. The quantitative estimate of drug-likeness (QED) is 0.730. The predicted octanol–water partition coefficient (Wildman–Crippen LogP) is 1.21. The van der Waals surface area contributed by atoms with Gasteiger partial charge in [-0.1, -0.05) is 12.8 Å². The minimum Gasteiger partial charge on any atom is -0.469 e. The fourth-order valence-electron chi connectivity index (χ4n) is 3.88. The van der Waals surface area contributed by atoms with Crippen molar-refractivity contribution in [2.75, 3.05) is 26.8 Å². The zero-order valence-corrected chi connectivity index (χ0v) is 12.0. The number of nitrogens with zero attached hydrogens (tertiary/aromatic N) is 1. The SMILES string of the molecule is COC(=O)CC1CN(C(=O)C2C3CCCCC32)CCO1. The van der Waals surface area contributed by atoms with Crippen LogP contribution in [-0.2, 0) is 19.1 Å².